The van der Waals surface area contributed by atoms with Crippen molar-refractivity contribution >= 4 is 5.70 Å². The van der Waals surface area contributed by atoms with Crippen molar-refractivity contribution < 1.29 is 4.42 Å². The molecular weight excluding hydrogens is 122 g/mol. The van der Waals surface area contributed by atoms with Crippen LogP contribution in [-0.4, -0.2) is 10.2 Å². The highest BCUT2D eigenvalue weighted by molar-refractivity contribution is 5.50. The molecule has 0 aliphatic carbocycles. The second-order valence-corrected chi connectivity index (χ2v) is 1.44. The third-order valence-corrected chi connectivity index (χ3v) is 0.713. The van der Waals surface area contributed by atoms with E-state index in [1.54, 1.807) is 0 Å². The first-order valence-corrected chi connectivity index (χ1v) is 2.20. The molecule has 0 fully saturated rings. The van der Waals surface area contributed by atoms with E-state index in [-0.39, 0.29) is 11.6 Å². The van der Waals surface area contributed by atoms with E-state index < -0.39 is 5.76 Å². The van der Waals surface area contributed by atoms with Gasteiger partial charge in [-0.05, 0) is 0 Å². The minimum absolute atomic E-state index is 0.0417. The normalized spacial score (nSPS) is 9.33. The summed E-state index contributed by atoms with van der Waals surface area (Å²) in [5.41, 5.74) is 5.25. The Bertz CT molecular complexity index is 271. The SMILES string of the molecule is C=C(N)c1n[nH]c(=O)o1. The third kappa shape index (κ3) is 0.987. The fourth-order valence-corrected chi connectivity index (χ4v) is 0.367. The highest BCUT2D eigenvalue weighted by Crippen LogP contribution is 1.94. The molecule has 0 aliphatic heterocycles. The van der Waals surface area contributed by atoms with Gasteiger partial charge in [-0.2, -0.15) is 0 Å². The number of nitrogens with zero attached hydrogens (tertiary/aromatic N) is 1. The van der Waals surface area contributed by atoms with Gasteiger partial charge in [0.25, 0.3) is 5.89 Å². The summed E-state index contributed by atoms with van der Waals surface area (Å²) >= 11 is 0. The quantitative estimate of drug-likeness (QED) is 0.522. The standard InChI is InChI=1S/C4H5N3O2/c1-2(5)3-6-7-4(8)9-3/h1,5H2,(H,7,8). The zero-order chi connectivity index (χ0) is 6.85. The largest absolute Gasteiger partial charge is 0.434 e. The van der Waals surface area contributed by atoms with E-state index >= 15 is 0 Å². The molecule has 3 N–H and O–H groups in total. The summed E-state index contributed by atoms with van der Waals surface area (Å²) in [6, 6.07) is 0. The maximum Gasteiger partial charge on any atom is 0.434 e. The number of nitrogens with one attached hydrogen (secondary N) is 1. The molecular formula is C4H5N3O2. The second kappa shape index (κ2) is 1.77. The molecule has 0 spiro atoms. The van der Waals surface area contributed by atoms with Crippen LogP contribution in [0.1, 0.15) is 5.89 Å². The number of hydrogen-bond acceptors (Lipinski definition) is 4. The van der Waals surface area contributed by atoms with E-state index in [2.05, 4.69) is 16.1 Å². The molecule has 48 valence electrons. The van der Waals surface area contributed by atoms with Crippen molar-refractivity contribution in [3.05, 3.63) is 23.0 Å². The Balaban J connectivity index is 3.12. The fraction of sp³-hybridized carbons (Fsp3) is 0. The summed E-state index contributed by atoms with van der Waals surface area (Å²) < 4.78 is 4.40. The van der Waals surface area contributed by atoms with Crippen LogP contribution >= 0.6 is 0 Å². The maximum atomic E-state index is 10.2. The zero-order valence-electron chi connectivity index (χ0n) is 4.55. The Morgan fingerprint density at radius 2 is 2.56 bits per heavy atom. The zero-order valence-corrected chi connectivity index (χ0v) is 4.55. The van der Waals surface area contributed by atoms with Gasteiger partial charge >= 0.3 is 5.76 Å². The minimum atomic E-state index is -0.628. The topological polar surface area (TPSA) is 84.9 Å². The Labute approximate surface area is 50.2 Å². The van der Waals surface area contributed by atoms with Crippen molar-refractivity contribution in [2.24, 2.45) is 5.73 Å². The summed E-state index contributed by atoms with van der Waals surface area (Å²) in [5.74, 6) is -0.586. The molecule has 0 radical (unpaired) electrons. The molecule has 1 heterocycles. The number of hydrogen-bond donors (Lipinski definition) is 2. The molecule has 0 amide bonds. The lowest BCUT2D eigenvalue weighted by atomic mass is 10.5. The van der Waals surface area contributed by atoms with E-state index in [1.807, 2.05) is 5.10 Å². The van der Waals surface area contributed by atoms with Crippen molar-refractivity contribution in [3.8, 4) is 0 Å². The van der Waals surface area contributed by atoms with Gasteiger partial charge in [0.2, 0.25) is 0 Å². The predicted octanol–water partition coefficient (Wildman–Crippen LogP) is -0.708. The van der Waals surface area contributed by atoms with Crippen LogP contribution < -0.4 is 11.5 Å². The number of nitrogens with two attached hydrogens (primary N) is 1. The lowest BCUT2D eigenvalue weighted by molar-refractivity contribution is 0.499. The maximum absolute atomic E-state index is 10.2. The molecule has 5 nitrogen and oxygen atoms in total. The molecule has 1 aromatic rings. The van der Waals surface area contributed by atoms with Gasteiger partial charge in [-0.25, -0.2) is 9.89 Å². The van der Waals surface area contributed by atoms with Crippen LogP contribution in [0, 0.1) is 0 Å². The van der Waals surface area contributed by atoms with E-state index in [0.717, 1.165) is 0 Å². The van der Waals surface area contributed by atoms with E-state index in [9.17, 15) is 4.79 Å². The van der Waals surface area contributed by atoms with Gasteiger partial charge in [-0.1, -0.05) is 6.58 Å². The third-order valence-electron chi connectivity index (χ3n) is 0.713. The summed E-state index contributed by atoms with van der Waals surface area (Å²) in [6.07, 6.45) is 0. The molecule has 1 aromatic heterocycles. The minimum Gasteiger partial charge on any atom is -0.395 e. The average molecular weight is 127 g/mol. The van der Waals surface area contributed by atoms with Gasteiger partial charge in [-0.15, -0.1) is 5.10 Å². The Morgan fingerprint density at radius 1 is 1.89 bits per heavy atom. The van der Waals surface area contributed by atoms with Crippen molar-refractivity contribution in [1.29, 1.82) is 0 Å². The van der Waals surface area contributed by atoms with Crippen LogP contribution in [0.5, 0.6) is 0 Å². The van der Waals surface area contributed by atoms with Crippen LogP contribution in [0.25, 0.3) is 5.70 Å². The first-order valence-electron chi connectivity index (χ1n) is 2.20. The van der Waals surface area contributed by atoms with E-state index in [1.165, 1.54) is 0 Å². The predicted molar refractivity (Wildman–Crippen MR) is 30.3 cm³/mol. The lowest BCUT2D eigenvalue weighted by Crippen LogP contribution is -1.94. The van der Waals surface area contributed by atoms with Crippen LogP contribution in [0.4, 0.5) is 0 Å². The second-order valence-electron chi connectivity index (χ2n) is 1.44. The number of rotatable bonds is 1. The molecule has 5 heteroatoms. The summed E-state index contributed by atoms with van der Waals surface area (Å²) in [5, 5.41) is 5.42. The fourth-order valence-electron chi connectivity index (χ4n) is 0.367. The molecule has 0 aliphatic rings. The van der Waals surface area contributed by atoms with Crippen LogP contribution in [-0.2, 0) is 0 Å². The molecule has 0 unspecified atom stereocenters. The molecule has 9 heavy (non-hydrogen) atoms. The molecule has 1 rings (SSSR count). The molecule has 0 saturated heterocycles. The van der Waals surface area contributed by atoms with Crippen molar-refractivity contribution in [2.45, 2.75) is 0 Å². The van der Waals surface area contributed by atoms with Crippen molar-refractivity contribution in [1.82, 2.24) is 10.2 Å². The Morgan fingerprint density at radius 3 is 2.78 bits per heavy atom. The Kier molecular flexibility index (Phi) is 1.11. The smallest absolute Gasteiger partial charge is 0.395 e. The van der Waals surface area contributed by atoms with E-state index in [4.69, 9.17) is 5.73 Å². The number of aromatic amines is 1. The van der Waals surface area contributed by atoms with Crippen molar-refractivity contribution in [2.75, 3.05) is 0 Å². The average Bonchev–Trinajstić information content (AvgIpc) is 2.14. The monoisotopic (exact) mass is 127 g/mol. The molecule has 0 bridgehead atoms. The molecule has 0 atom stereocenters. The summed E-state index contributed by atoms with van der Waals surface area (Å²) in [4.78, 5) is 10.2. The molecule has 0 aromatic carbocycles. The van der Waals surface area contributed by atoms with Gasteiger partial charge < -0.3 is 10.2 Å². The Hall–Kier alpha value is -1.52. The van der Waals surface area contributed by atoms with Gasteiger partial charge in [-0.3, -0.25) is 0 Å². The summed E-state index contributed by atoms with van der Waals surface area (Å²) in [6.45, 7) is 3.30. The first-order chi connectivity index (χ1) is 4.20. The molecule has 0 saturated carbocycles. The lowest BCUT2D eigenvalue weighted by Gasteiger charge is -1.83. The van der Waals surface area contributed by atoms with Gasteiger partial charge in [0, 0.05) is 0 Å². The summed E-state index contributed by atoms with van der Waals surface area (Å²) in [7, 11) is 0. The first kappa shape index (κ1) is 5.61. The van der Waals surface area contributed by atoms with Gasteiger partial charge in [0.1, 0.15) is 0 Å². The van der Waals surface area contributed by atoms with Crippen LogP contribution in [0.15, 0.2) is 15.8 Å². The van der Waals surface area contributed by atoms with Crippen LogP contribution in [0.3, 0.4) is 0 Å². The van der Waals surface area contributed by atoms with E-state index in [0.29, 0.717) is 0 Å². The van der Waals surface area contributed by atoms with Crippen LogP contribution in [0.2, 0.25) is 0 Å². The number of aromatic nitrogens is 2. The highest BCUT2D eigenvalue weighted by Gasteiger charge is 1.99. The van der Waals surface area contributed by atoms with Gasteiger partial charge in [0.05, 0.1) is 5.70 Å². The highest BCUT2D eigenvalue weighted by atomic mass is 16.4. The van der Waals surface area contributed by atoms with Gasteiger partial charge in [0.15, 0.2) is 0 Å². The number of H-pyrrole nitrogens is 1. The van der Waals surface area contributed by atoms with Crippen molar-refractivity contribution in [3.63, 3.8) is 0 Å².